The lowest BCUT2D eigenvalue weighted by atomic mass is 9.96. The molecule has 3 aromatic heterocycles. The van der Waals surface area contributed by atoms with Crippen molar-refractivity contribution < 1.29 is 4.42 Å². The predicted octanol–water partition coefficient (Wildman–Crippen LogP) is 15.1. The minimum absolute atomic E-state index is 0.630. The molecule has 0 saturated heterocycles. The predicted molar refractivity (Wildman–Crippen MR) is 250 cm³/mol. The fourth-order valence-corrected chi connectivity index (χ4v) is 9.66. The van der Waals surface area contributed by atoms with Gasteiger partial charge in [-0.3, -0.25) is 4.57 Å². The van der Waals surface area contributed by atoms with Crippen LogP contribution in [0.15, 0.2) is 205 Å². The van der Waals surface area contributed by atoms with Crippen molar-refractivity contribution in [3.63, 3.8) is 0 Å². The Kier molecular flexibility index (Phi) is 6.98. The first-order valence-electron chi connectivity index (χ1n) is 20.4. The minimum atomic E-state index is 0.630. The molecule has 13 rings (SSSR count). The van der Waals surface area contributed by atoms with Gasteiger partial charge in [-0.1, -0.05) is 170 Å². The van der Waals surface area contributed by atoms with Crippen molar-refractivity contribution in [3.8, 4) is 39.5 Å². The molecule has 0 aliphatic heterocycles. The Bertz CT molecular complexity index is 3890. The van der Waals surface area contributed by atoms with Crippen LogP contribution in [0.5, 0.6) is 0 Å². The first-order chi connectivity index (χ1) is 29.7. The monoisotopic (exact) mass is 763 g/mol. The molecule has 0 saturated carbocycles. The summed E-state index contributed by atoms with van der Waals surface area (Å²) in [6, 6.07) is 71.4. The normalized spacial score (nSPS) is 12.0. The second-order valence-electron chi connectivity index (χ2n) is 15.7. The van der Waals surface area contributed by atoms with Gasteiger partial charge < -0.3 is 4.42 Å². The Morgan fingerprint density at radius 1 is 0.367 bits per heavy atom. The first-order valence-corrected chi connectivity index (χ1v) is 20.4. The molecule has 0 unspecified atom stereocenters. The molecular formula is C56H33N3O. The van der Waals surface area contributed by atoms with Gasteiger partial charge in [-0.2, -0.15) is 0 Å². The van der Waals surface area contributed by atoms with Crippen LogP contribution in [-0.4, -0.2) is 14.5 Å². The Morgan fingerprint density at radius 3 is 1.77 bits per heavy atom. The van der Waals surface area contributed by atoms with Crippen LogP contribution in [0.2, 0.25) is 0 Å². The van der Waals surface area contributed by atoms with E-state index in [0.29, 0.717) is 5.95 Å². The van der Waals surface area contributed by atoms with Crippen molar-refractivity contribution >= 4 is 87.0 Å². The fourth-order valence-electron chi connectivity index (χ4n) is 9.66. The largest absolute Gasteiger partial charge is 0.456 e. The average Bonchev–Trinajstić information content (AvgIpc) is 3.87. The standard InChI is InChI=1S/C56H33N3O/c1-4-15-40-34(11-1)14-9-19-41(40)37-23-25-38(26-24-37)54-45-18-7-8-22-48(45)57-56(58-54)59-49-30-27-35-12-2-5-16-42(35)52(49)46-21-10-20-44(55(46)59)39-29-31-50-47(33-39)53-43-17-6-3-13-36(43)28-32-51(53)60-50/h1-33H. The van der Waals surface area contributed by atoms with Crippen LogP contribution in [0.4, 0.5) is 0 Å². The third-order valence-electron chi connectivity index (χ3n) is 12.4. The highest BCUT2D eigenvalue weighted by Crippen LogP contribution is 2.43. The number of benzene rings is 10. The SMILES string of the molecule is c1ccc2c(-c3ccc(-c4nc(-n5c6ccc7ccccc7c6c6cccc(-c7ccc8oc9ccc%10ccccc%10c9c8c7)c65)nc5ccccc45)cc3)cccc2c1. The van der Waals surface area contributed by atoms with Gasteiger partial charge in [0.15, 0.2) is 0 Å². The van der Waals surface area contributed by atoms with Crippen molar-refractivity contribution in [1.29, 1.82) is 0 Å². The maximum atomic E-state index is 6.45. The molecular weight excluding hydrogens is 731 g/mol. The molecule has 0 fully saturated rings. The number of hydrogen-bond acceptors (Lipinski definition) is 3. The molecule has 60 heavy (non-hydrogen) atoms. The molecule has 0 spiro atoms. The van der Waals surface area contributed by atoms with Crippen molar-refractivity contribution in [1.82, 2.24) is 14.5 Å². The number of furan rings is 1. The molecule has 0 bridgehead atoms. The van der Waals surface area contributed by atoms with E-state index >= 15 is 0 Å². The lowest BCUT2D eigenvalue weighted by molar-refractivity contribution is 0.669. The molecule has 3 heterocycles. The zero-order valence-electron chi connectivity index (χ0n) is 32.3. The van der Waals surface area contributed by atoms with Crippen LogP contribution in [0.3, 0.4) is 0 Å². The van der Waals surface area contributed by atoms with Crippen molar-refractivity contribution in [2.45, 2.75) is 0 Å². The van der Waals surface area contributed by atoms with Gasteiger partial charge in [0.2, 0.25) is 5.95 Å². The summed E-state index contributed by atoms with van der Waals surface area (Å²) in [6.07, 6.45) is 0. The van der Waals surface area contributed by atoms with Crippen molar-refractivity contribution in [2.24, 2.45) is 0 Å². The van der Waals surface area contributed by atoms with Gasteiger partial charge in [-0.25, -0.2) is 9.97 Å². The maximum Gasteiger partial charge on any atom is 0.235 e. The lowest BCUT2D eigenvalue weighted by Gasteiger charge is -2.14. The number of fused-ring (bicyclic) bond motifs is 12. The zero-order chi connectivity index (χ0) is 39.3. The van der Waals surface area contributed by atoms with E-state index in [1.807, 2.05) is 0 Å². The van der Waals surface area contributed by atoms with Crippen LogP contribution >= 0.6 is 0 Å². The topological polar surface area (TPSA) is 43.9 Å². The number of aromatic nitrogens is 3. The number of nitrogens with zero attached hydrogens (tertiary/aromatic N) is 3. The quantitative estimate of drug-likeness (QED) is 0.179. The third-order valence-corrected chi connectivity index (χ3v) is 12.4. The van der Waals surface area contributed by atoms with E-state index in [9.17, 15) is 0 Å². The lowest BCUT2D eigenvalue weighted by Crippen LogP contribution is -2.04. The van der Waals surface area contributed by atoms with Crippen LogP contribution in [0.25, 0.3) is 126 Å². The van der Waals surface area contributed by atoms with Gasteiger partial charge in [0.05, 0.1) is 22.2 Å². The summed E-state index contributed by atoms with van der Waals surface area (Å²) >= 11 is 0. The Balaban J connectivity index is 1.07. The molecule has 0 N–H and O–H groups in total. The van der Waals surface area contributed by atoms with Gasteiger partial charge in [-0.05, 0) is 79.3 Å². The Morgan fingerprint density at radius 2 is 0.950 bits per heavy atom. The number of hydrogen-bond donors (Lipinski definition) is 0. The molecule has 0 aliphatic carbocycles. The highest BCUT2D eigenvalue weighted by atomic mass is 16.3. The summed E-state index contributed by atoms with van der Waals surface area (Å²) in [6.45, 7) is 0. The van der Waals surface area contributed by atoms with E-state index in [1.54, 1.807) is 0 Å². The van der Waals surface area contributed by atoms with Crippen molar-refractivity contribution in [3.05, 3.63) is 200 Å². The molecule has 4 heteroatoms. The molecule has 13 aromatic rings. The summed E-state index contributed by atoms with van der Waals surface area (Å²) in [4.78, 5) is 10.9. The van der Waals surface area contributed by atoms with Gasteiger partial charge in [0.25, 0.3) is 0 Å². The summed E-state index contributed by atoms with van der Waals surface area (Å²) in [5.74, 6) is 0.630. The smallest absolute Gasteiger partial charge is 0.235 e. The van der Waals surface area contributed by atoms with Crippen LogP contribution in [0.1, 0.15) is 0 Å². The summed E-state index contributed by atoms with van der Waals surface area (Å²) in [7, 11) is 0. The molecule has 0 aliphatic rings. The van der Waals surface area contributed by atoms with Crippen molar-refractivity contribution in [2.75, 3.05) is 0 Å². The van der Waals surface area contributed by atoms with E-state index < -0.39 is 0 Å². The summed E-state index contributed by atoms with van der Waals surface area (Å²) < 4.78 is 8.74. The van der Waals surface area contributed by atoms with E-state index in [4.69, 9.17) is 14.4 Å². The van der Waals surface area contributed by atoms with Crippen LogP contribution in [-0.2, 0) is 0 Å². The Labute approximate surface area is 344 Å². The van der Waals surface area contributed by atoms with Gasteiger partial charge in [-0.15, -0.1) is 0 Å². The highest BCUT2D eigenvalue weighted by Gasteiger charge is 2.22. The van der Waals surface area contributed by atoms with Gasteiger partial charge >= 0.3 is 0 Å². The minimum Gasteiger partial charge on any atom is -0.456 e. The van der Waals surface area contributed by atoms with Crippen LogP contribution in [0, 0.1) is 0 Å². The first kappa shape index (κ1) is 32.9. The second-order valence-corrected chi connectivity index (χ2v) is 15.7. The van der Waals surface area contributed by atoms with Crippen LogP contribution < -0.4 is 0 Å². The van der Waals surface area contributed by atoms with E-state index in [1.165, 1.54) is 48.8 Å². The van der Waals surface area contributed by atoms with E-state index in [2.05, 4.69) is 205 Å². The maximum absolute atomic E-state index is 6.45. The summed E-state index contributed by atoms with van der Waals surface area (Å²) in [5, 5.41) is 12.8. The van der Waals surface area contributed by atoms with E-state index in [0.717, 1.165) is 71.6 Å². The van der Waals surface area contributed by atoms with E-state index in [-0.39, 0.29) is 0 Å². The highest BCUT2D eigenvalue weighted by molar-refractivity contribution is 6.24. The molecule has 10 aromatic carbocycles. The molecule has 0 amide bonds. The van der Waals surface area contributed by atoms with Gasteiger partial charge in [0.1, 0.15) is 11.2 Å². The molecule has 0 atom stereocenters. The summed E-state index contributed by atoms with van der Waals surface area (Å²) in [5.41, 5.74) is 11.3. The Hall–Kier alpha value is -8.08. The molecule has 4 nitrogen and oxygen atoms in total. The molecule has 0 radical (unpaired) electrons. The second kappa shape index (κ2) is 12.7. The average molecular weight is 764 g/mol. The fraction of sp³-hybridized carbons (Fsp3) is 0. The van der Waals surface area contributed by atoms with Gasteiger partial charge in [0, 0.05) is 38.1 Å². The zero-order valence-corrected chi connectivity index (χ0v) is 32.3. The number of rotatable bonds is 4. The third kappa shape index (κ3) is 4.85. The number of para-hydroxylation sites is 2. The molecule has 278 valence electrons.